The van der Waals surface area contributed by atoms with Crippen molar-refractivity contribution in [3.63, 3.8) is 0 Å². The Bertz CT molecular complexity index is 653. The van der Waals surface area contributed by atoms with Gasteiger partial charge in [-0.15, -0.1) is 11.3 Å². The van der Waals surface area contributed by atoms with Gasteiger partial charge in [0.05, 0.1) is 23.7 Å². The average Bonchev–Trinajstić information content (AvgIpc) is 2.90. The van der Waals surface area contributed by atoms with Gasteiger partial charge >= 0.3 is 6.18 Å². The Labute approximate surface area is 135 Å². The minimum absolute atomic E-state index is 0.136. The van der Waals surface area contributed by atoms with E-state index in [1.165, 1.54) is 0 Å². The van der Waals surface area contributed by atoms with Gasteiger partial charge in [-0.2, -0.15) is 13.2 Å². The normalized spacial score (nSPS) is 11.5. The largest absolute Gasteiger partial charge is 0.411 e. The van der Waals surface area contributed by atoms with Crippen LogP contribution in [0.1, 0.15) is 11.4 Å². The molecule has 0 radical (unpaired) electrons. The molecule has 8 heteroatoms. The Balaban J connectivity index is 1.80. The van der Waals surface area contributed by atoms with Crippen LogP contribution in [0.15, 0.2) is 29.6 Å². The highest BCUT2D eigenvalue weighted by molar-refractivity contribution is 7.09. The number of rotatable bonds is 6. The number of aryl methyl sites for hydroxylation is 1. The summed E-state index contributed by atoms with van der Waals surface area (Å²) in [5, 5.41) is 5.52. The Morgan fingerprint density at radius 3 is 2.57 bits per heavy atom. The van der Waals surface area contributed by atoms with E-state index in [-0.39, 0.29) is 13.0 Å². The first-order valence-electron chi connectivity index (χ1n) is 6.80. The monoisotopic (exact) mass is 344 g/mol. The second-order valence-electron chi connectivity index (χ2n) is 4.80. The first-order valence-corrected chi connectivity index (χ1v) is 7.68. The molecule has 1 aromatic heterocycles. The molecule has 0 atom stereocenters. The highest BCUT2D eigenvalue weighted by Crippen LogP contribution is 2.23. The van der Waals surface area contributed by atoms with E-state index in [9.17, 15) is 18.0 Å². The van der Waals surface area contributed by atoms with Crippen LogP contribution < -0.4 is 5.32 Å². The molecule has 0 saturated carbocycles. The first kappa shape index (κ1) is 17.4. The van der Waals surface area contributed by atoms with Crippen molar-refractivity contribution >= 4 is 22.9 Å². The third kappa shape index (κ3) is 5.99. The standard InChI is InChI=1S/C15H15F3N2O2S/c1-10-19-13(8-23-10)11-2-4-12(5-3-11)20-14(21)6-7-22-9-15(16,17)18/h2-5,8H,6-7,9H2,1H3,(H,20,21). The topological polar surface area (TPSA) is 51.2 Å². The number of hydrogen-bond donors (Lipinski definition) is 1. The van der Waals surface area contributed by atoms with Crippen molar-refractivity contribution < 1.29 is 22.7 Å². The number of carbonyl (C=O) groups excluding carboxylic acids is 1. The summed E-state index contributed by atoms with van der Waals surface area (Å²) in [4.78, 5) is 16.0. The molecule has 124 valence electrons. The fourth-order valence-electron chi connectivity index (χ4n) is 1.80. The number of amides is 1. The second-order valence-corrected chi connectivity index (χ2v) is 5.86. The molecule has 2 aromatic rings. The Kier molecular flexibility index (Phi) is 5.73. The molecule has 0 aliphatic heterocycles. The number of nitrogens with zero attached hydrogens (tertiary/aromatic N) is 1. The molecule has 2 rings (SSSR count). The molecule has 0 spiro atoms. The number of halogens is 3. The molecule has 0 aliphatic rings. The van der Waals surface area contributed by atoms with Crippen LogP contribution in [-0.2, 0) is 9.53 Å². The van der Waals surface area contributed by atoms with Crippen molar-refractivity contribution in [2.75, 3.05) is 18.5 Å². The molecule has 4 nitrogen and oxygen atoms in total. The second kappa shape index (κ2) is 7.56. The molecule has 1 heterocycles. The van der Waals surface area contributed by atoms with E-state index in [1.807, 2.05) is 24.4 Å². The summed E-state index contributed by atoms with van der Waals surface area (Å²) in [5.74, 6) is -0.399. The van der Waals surface area contributed by atoms with Crippen LogP contribution in [0.2, 0.25) is 0 Å². The average molecular weight is 344 g/mol. The van der Waals surface area contributed by atoms with Crippen LogP contribution in [0.25, 0.3) is 11.3 Å². The molecule has 23 heavy (non-hydrogen) atoms. The van der Waals surface area contributed by atoms with Crippen molar-refractivity contribution in [3.8, 4) is 11.3 Å². The van der Waals surface area contributed by atoms with Crippen LogP contribution in [0, 0.1) is 6.92 Å². The lowest BCUT2D eigenvalue weighted by molar-refractivity contribution is -0.174. The molecule has 0 aliphatic carbocycles. The summed E-state index contributed by atoms with van der Waals surface area (Å²) in [6.07, 6.45) is -4.51. The maximum Gasteiger partial charge on any atom is 0.411 e. The molecular weight excluding hydrogens is 329 g/mol. The van der Waals surface area contributed by atoms with Crippen molar-refractivity contribution in [2.45, 2.75) is 19.5 Å². The quantitative estimate of drug-likeness (QED) is 0.805. The van der Waals surface area contributed by atoms with Gasteiger partial charge in [-0.05, 0) is 19.1 Å². The van der Waals surface area contributed by atoms with Gasteiger partial charge in [-0.1, -0.05) is 12.1 Å². The summed E-state index contributed by atoms with van der Waals surface area (Å²) in [6.45, 7) is 0.299. The number of nitrogens with one attached hydrogen (secondary N) is 1. The Hall–Kier alpha value is -1.93. The fourth-order valence-corrected chi connectivity index (χ4v) is 2.42. The van der Waals surface area contributed by atoms with Gasteiger partial charge in [-0.3, -0.25) is 4.79 Å². The van der Waals surface area contributed by atoms with E-state index < -0.39 is 18.7 Å². The first-order chi connectivity index (χ1) is 10.8. The lowest BCUT2D eigenvalue weighted by Gasteiger charge is -2.08. The van der Waals surface area contributed by atoms with Crippen molar-refractivity contribution in [3.05, 3.63) is 34.7 Å². The number of thiazole rings is 1. The van der Waals surface area contributed by atoms with Gasteiger partial charge < -0.3 is 10.1 Å². The van der Waals surface area contributed by atoms with Gasteiger partial charge in [0, 0.05) is 16.6 Å². The van der Waals surface area contributed by atoms with Crippen LogP contribution in [-0.4, -0.2) is 30.3 Å². The summed E-state index contributed by atoms with van der Waals surface area (Å²) < 4.78 is 40.0. The lowest BCUT2D eigenvalue weighted by Crippen LogP contribution is -2.20. The van der Waals surface area contributed by atoms with Crippen LogP contribution in [0.3, 0.4) is 0 Å². The van der Waals surface area contributed by atoms with Gasteiger partial charge in [0.25, 0.3) is 0 Å². The Morgan fingerprint density at radius 2 is 2.00 bits per heavy atom. The van der Waals surface area contributed by atoms with Crippen LogP contribution in [0.5, 0.6) is 0 Å². The molecule has 0 unspecified atom stereocenters. The third-order valence-electron chi connectivity index (χ3n) is 2.82. The number of aromatic nitrogens is 1. The smallest absolute Gasteiger partial charge is 0.372 e. The molecular formula is C15H15F3N2O2S. The number of hydrogen-bond acceptors (Lipinski definition) is 4. The number of anilines is 1. The lowest BCUT2D eigenvalue weighted by atomic mass is 10.1. The number of alkyl halides is 3. The van der Waals surface area contributed by atoms with Crippen LogP contribution in [0.4, 0.5) is 18.9 Å². The molecule has 1 amide bonds. The zero-order valence-corrected chi connectivity index (χ0v) is 13.1. The highest BCUT2D eigenvalue weighted by Gasteiger charge is 2.27. The van der Waals surface area contributed by atoms with E-state index in [1.54, 1.807) is 23.5 Å². The number of carbonyl (C=O) groups is 1. The minimum Gasteiger partial charge on any atom is -0.372 e. The predicted molar refractivity (Wildman–Crippen MR) is 82.4 cm³/mol. The number of benzene rings is 1. The summed E-state index contributed by atoms with van der Waals surface area (Å²) in [6, 6.07) is 7.09. The molecule has 1 aromatic carbocycles. The van der Waals surface area contributed by atoms with Crippen LogP contribution >= 0.6 is 11.3 Å². The summed E-state index contributed by atoms with van der Waals surface area (Å²) in [7, 11) is 0. The zero-order valence-electron chi connectivity index (χ0n) is 12.3. The van der Waals surface area contributed by atoms with E-state index in [0.29, 0.717) is 5.69 Å². The SMILES string of the molecule is Cc1nc(-c2ccc(NC(=O)CCOCC(F)(F)F)cc2)cs1. The maximum atomic E-state index is 11.9. The van der Waals surface area contributed by atoms with E-state index >= 15 is 0 Å². The number of ether oxygens (including phenoxy) is 1. The van der Waals surface area contributed by atoms with Gasteiger partial charge in [-0.25, -0.2) is 4.98 Å². The molecule has 1 N–H and O–H groups in total. The summed E-state index contributed by atoms with van der Waals surface area (Å²) >= 11 is 1.55. The Morgan fingerprint density at radius 1 is 1.30 bits per heavy atom. The van der Waals surface area contributed by atoms with E-state index in [4.69, 9.17) is 0 Å². The predicted octanol–water partition coefficient (Wildman–Crippen LogP) is 4.03. The van der Waals surface area contributed by atoms with E-state index in [0.717, 1.165) is 16.3 Å². The highest BCUT2D eigenvalue weighted by atomic mass is 32.1. The maximum absolute atomic E-state index is 11.9. The summed E-state index contributed by atoms with van der Waals surface area (Å²) in [5.41, 5.74) is 2.37. The van der Waals surface area contributed by atoms with Crippen molar-refractivity contribution in [1.29, 1.82) is 0 Å². The third-order valence-corrected chi connectivity index (χ3v) is 3.60. The zero-order chi connectivity index (χ0) is 16.9. The van der Waals surface area contributed by atoms with Crippen molar-refractivity contribution in [2.24, 2.45) is 0 Å². The van der Waals surface area contributed by atoms with E-state index in [2.05, 4.69) is 15.0 Å². The van der Waals surface area contributed by atoms with Gasteiger partial charge in [0.2, 0.25) is 5.91 Å². The van der Waals surface area contributed by atoms with Crippen molar-refractivity contribution in [1.82, 2.24) is 4.98 Å². The van der Waals surface area contributed by atoms with Gasteiger partial charge in [0.1, 0.15) is 6.61 Å². The molecule has 0 saturated heterocycles. The fraction of sp³-hybridized carbons (Fsp3) is 0.333. The molecule has 0 bridgehead atoms. The minimum atomic E-state index is -4.37. The van der Waals surface area contributed by atoms with Gasteiger partial charge in [0.15, 0.2) is 0 Å². The molecule has 0 fully saturated rings.